The highest BCUT2D eigenvalue weighted by Crippen LogP contribution is 2.30. The van der Waals surface area contributed by atoms with Gasteiger partial charge in [-0.15, -0.1) is 0 Å². The second-order valence-electron chi connectivity index (χ2n) is 9.61. The summed E-state index contributed by atoms with van der Waals surface area (Å²) < 4.78 is 21.4. The molecule has 2 aromatic rings. The summed E-state index contributed by atoms with van der Waals surface area (Å²) in [7, 11) is 1.55. The summed E-state index contributed by atoms with van der Waals surface area (Å²) in [6, 6.07) is 8.60. The minimum atomic E-state index is -1.06. The molecule has 0 saturated carbocycles. The second kappa shape index (κ2) is 15.6. The Morgan fingerprint density at radius 2 is 1.85 bits per heavy atom. The fourth-order valence-corrected chi connectivity index (χ4v) is 4.44. The number of hydrogen-bond donors (Lipinski definition) is 2. The molecule has 218 valence electrons. The standard InChI is InChI=1S/C28H38N4O8/c1-3-38-27(36)28(12-17-37-2)18-21-7-9-22(10-8-21)39-19-25(34)29-13-5-16-32(15-4-6-24(33)30-20-28)26(35)23-11-14-31-40-23/h7-11,14H,3-6,12-13,15-20H2,1-2H3,(H,29,34)(H,30,33). The van der Waals surface area contributed by atoms with Crippen molar-refractivity contribution in [2.24, 2.45) is 5.41 Å². The van der Waals surface area contributed by atoms with E-state index in [4.69, 9.17) is 18.7 Å². The Morgan fingerprint density at radius 1 is 1.07 bits per heavy atom. The highest BCUT2D eigenvalue weighted by Gasteiger charge is 2.40. The molecule has 0 radical (unpaired) electrons. The Kier molecular flexibility index (Phi) is 11.9. The van der Waals surface area contributed by atoms with Crippen molar-refractivity contribution in [3.05, 3.63) is 47.9 Å². The summed E-state index contributed by atoms with van der Waals surface area (Å²) in [5.41, 5.74) is -0.217. The Balaban J connectivity index is 1.81. The largest absolute Gasteiger partial charge is 0.484 e. The molecule has 12 heteroatoms. The van der Waals surface area contributed by atoms with Gasteiger partial charge in [-0.25, -0.2) is 0 Å². The molecule has 0 aliphatic carbocycles. The lowest BCUT2D eigenvalue weighted by Crippen LogP contribution is -2.46. The minimum Gasteiger partial charge on any atom is -0.484 e. The number of fused-ring (bicyclic) bond motifs is 17. The van der Waals surface area contributed by atoms with Crippen molar-refractivity contribution in [1.29, 1.82) is 0 Å². The number of hydrogen-bond acceptors (Lipinski definition) is 9. The van der Waals surface area contributed by atoms with Crippen LogP contribution in [0.4, 0.5) is 0 Å². The van der Waals surface area contributed by atoms with Crippen LogP contribution in [0.2, 0.25) is 0 Å². The molecule has 2 aliphatic rings. The van der Waals surface area contributed by atoms with Gasteiger partial charge in [0, 0.05) is 52.4 Å². The lowest BCUT2D eigenvalue weighted by Gasteiger charge is -2.32. The zero-order valence-corrected chi connectivity index (χ0v) is 23.1. The monoisotopic (exact) mass is 558 g/mol. The number of ether oxygens (including phenoxy) is 3. The molecule has 2 N–H and O–H groups in total. The maximum Gasteiger partial charge on any atom is 0.314 e. The first-order chi connectivity index (χ1) is 19.4. The predicted octanol–water partition coefficient (Wildman–Crippen LogP) is 1.74. The van der Waals surface area contributed by atoms with E-state index in [9.17, 15) is 19.2 Å². The number of nitrogens with one attached hydrogen (secondary N) is 2. The van der Waals surface area contributed by atoms with Crippen LogP contribution in [0.5, 0.6) is 5.75 Å². The third-order valence-electron chi connectivity index (χ3n) is 6.65. The van der Waals surface area contributed by atoms with Gasteiger partial charge >= 0.3 is 5.97 Å². The molecule has 2 aliphatic heterocycles. The van der Waals surface area contributed by atoms with Gasteiger partial charge in [-0.2, -0.15) is 0 Å². The Labute approximate surface area is 233 Å². The third-order valence-corrected chi connectivity index (χ3v) is 6.65. The van der Waals surface area contributed by atoms with Crippen LogP contribution in [-0.2, 0) is 30.3 Å². The van der Waals surface area contributed by atoms with E-state index in [2.05, 4.69) is 15.8 Å². The summed E-state index contributed by atoms with van der Waals surface area (Å²) >= 11 is 0. The number of methoxy groups -OCH3 is 1. The average Bonchev–Trinajstić information content (AvgIpc) is 3.50. The van der Waals surface area contributed by atoms with Crippen molar-refractivity contribution in [2.75, 3.05) is 53.1 Å². The molecule has 3 heterocycles. The highest BCUT2D eigenvalue weighted by atomic mass is 16.5. The van der Waals surface area contributed by atoms with E-state index in [0.29, 0.717) is 57.7 Å². The van der Waals surface area contributed by atoms with Crippen molar-refractivity contribution in [2.45, 2.75) is 39.0 Å². The van der Waals surface area contributed by atoms with E-state index in [0.717, 1.165) is 5.56 Å². The van der Waals surface area contributed by atoms with Crippen LogP contribution in [0.1, 0.15) is 48.7 Å². The normalized spacial score (nSPS) is 19.7. The van der Waals surface area contributed by atoms with Gasteiger partial charge in [-0.1, -0.05) is 17.3 Å². The van der Waals surface area contributed by atoms with Gasteiger partial charge in [0.15, 0.2) is 6.61 Å². The van der Waals surface area contributed by atoms with Crippen molar-refractivity contribution in [3.63, 3.8) is 0 Å². The zero-order valence-electron chi connectivity index (χ0n) is 23.1. The van der Waals surface area contributed by atoms with Crippen LogP contribution in [0, 0.1) is 5.41 Å². The fourth-order valence-electron chi connectivity index (χ4n) is 4.44. The van der Waals surface area contributed by atoms with Crippen molar-refractivity contribution < 1.29 is 37.9 Å². The number of carbonyl (C=O) groups excluding carboxylic acids is 4. The van der Waals surface area contributed by atoms with E-state index in [1.165, 1.54) is 12.3 Å². The topological polar surface area (TPSA) is 149 Å². The van der Waals surface area contributed by atoms with E-state index >= 15 is 0 Å². The molecule has 4 rings (SSSR count). The molecule has 0 spiro atoms. The quantitative estimate of drug-likeness (QED) is 0.506. The van der Waals surface area contributed by atoms with Crippen LogP contribution in [0.15, 0.2) is 41.1 Å². The Bertz CT molecular complexity index is 1110. The lowest BCUT2D eigenvalue weighted by atomic mass is 9.78. The second-order valence-corrected chi connectivity index (χ2v) is 9.61. The van der Waals surface area contributed by atoms with E-state index < -0.39 is 11.4 Å². The first-order valence-electron chi connectivity index (χ1n) is 13.5. The lowest BCUT2D eigenvalue weighted by molar-refractivity contribution is -0.156. The van der Waals surface area contributed by atoms with Crippen LogP contribution < -0.4 is 15.4 Å². The van der Waals surface area contributed by atoms with E-state index in [1.807, 2.05) is 12.1 Å². The maximum atomic E-state index is 13.2. The number of amides is 3. The smallest absolute Gasteiger partial charge is 0.314 e. The number of nitrogens with zero attached hydrogens (tertiary/aromatic N) is 2. The number of benzene rings is 1. The van der Waals surface area contributed by atoms with Gasteiger partial charge in [-0.3, -0.25) is 19.2 Å². The summed E-state index contributed by atoms with van der Waals surface area (Å²) in [5, 5.41) is 9.30. The molecule has 0 saturated heterocycles. The number of aromatic nitrogens is 1. The molecule has 0 fully saturated rings. The van der Waals surface area contributed by atoms with Crippen molar-refractivity contribution in [3.8, 4) is 5.75 Å². The minimum absolute atomic E-state index is 0.0627. The Hall–Kier alpha value is -3.93. The molecule has 40 heavy (non-hydrogen) atoms. The summed E-state index contributed by atoms with van der Waals surface area (Å²) in [6.45, 7) is 3.12. The predicted molar refractivity (Wildman–Crippen MR) is 143 cm³/mol. The van der Waals surface area contributed by atoms with Gasteiger partial charge in [0.25, 0.3) is 11.8 Å². The number of esters is 1. The van der Waals surface area contributed by atoms with Gasteiger partial charge in [-0.05, 0) is 50.3 Å². The average molecular weight is 559 g/mol. The SMILES string of the molecule is CCOC(=O)C1(CCOC)CNC(=O)CCCN(C(=O)c2ccno2)CCCNC(=O)COc2ccc(cc2)C1. The summed E-state index contributed by atoms with van der Waals surface area (Å²) in [5.74, 6) is -0.704. The van der Waals surface area contributed by atoms with Crippen molar-refractivity contribution >= 4 is 23.7 Å². The van der Waals surface area contributed by atoms with E-state index in [1.54, 1.807) is 31.1 Å². The van der Waals surface area contributed by atoms with E-state index in [-0.39, 0.29) is 49.7 Å². The number of rotatable bonds is 6. The molecule has 1 aromatic carbocycles. The molecule has 1 atom stereocenters. The van der Waals surface area contributed by atoms with Crippen molar-refractivity contribution in [1.82, 2.24) is 20.7 Å². The summed E-state index contributed by atoms with van der Waals surface area (Å²) in [4.78, 5) is 52.9. The van der Waals surface area contributed by atoms with Crippen LogP contribution in [0.25, 0.3) is 0 Å². The van der Waals surface area contributed by atoms with Crippen LogP contribution in [0.3, 0.4) is 0 Å². The molecule has 3 amide bonds. The molecule has 12 nitrogen and oxygen atoms in total. The van der Waals surface area contributed by atoms with Gasteiger partial charge in [0.1, 0.15) is 5.75 Å². The van der Waals surface area contributed by atoms with Gasteiger partial charge in [0.05, 0.1) is 18.2 Å². The van der Waals surface area contributed by atoms with Crippen LogP contribution >= 0.6 is 0 Å². The fraction of sp³-hybridized carbons (Fsp3) is 0.536. The third kappa shape index (κ3) is 9.08. The maximum absolute atomic E-state index is 13.2. The van der Waals surface area contributed by atoms with Gasteiger partial charge < -0.3 is 34.3 Å². The molecule has 2 bridgehead atoms. The zero-order chi connectivity index (χ0) is 28.8. The molecule has 1 aromatic heterocycles. The first kappa shape index (κ1) is 30.6. The first-order valence-corrected chi connectivity index (χ1v) is 13.5. The molecule has 1 unspecified atom stereocenters. The highest BCUT2D eigenvalue weighted by molar-refractivity contribution is 5.91. The Morgan fingerprint density at radius 3 is 2.55 bits per heavy atom. The molecular weight excluding hydrogens is 520 g/mol. The van der Waals surface area contributed by atoms with Gasteiger partial charge in [0.2, 0.25) is 11.7 Å². The molecular formula is C28H38N4O8. The number of carbonyl (C=O) groups is 4. The summed E-state index contributed by atoms with van der Waals surface area (Å²) in [6.07, 6.45) is 3.05. The van der Waals surface area contributed by atoms with Crippen LogP contribution in [-0.4, -0.2) is 86.9 Å².